The van der Waals surface area contributed by atoms with E-state index in [-0.39, 0.29) is 38.3 Å². The van der Waals surface area contributed by atoms with E-state index in [0.717, 1.165) is 55.2 Å². The predicted octanol–water partition coefficient (Wildman–Crippen LogP) is 4.96. The first kappa shape index (κ1) is 26.9. The number of carbonyl (C=O) groups excluding carboxylic acids is 2. The van der Waals surface area contributed by atoms with Crippen LogP contribution in [0.1, 0.15) is 59.8 Å². The summed E-state index contributed by atoms with van der Waals surface area (Å²) in [5.41, 5.74) is 1.12. The molecule has 0 N–H and O–H groups in total. The van der Waals surface area contributed by atoms with Gasteiger partial charge in [-0.1, -0.05) is 23.7 Å². The molecule has 2 amide bonds. The fraction of sp³-hybridized carbons (Fsp3) is 0.655. The summed E-state index contributed by atoms with van der Waals surface area (Å²) in [6, 6.07) is 6.28. The van der Waals surface area contributed by atoms with Gasteiger partial charge in [0, 0.05) is 50.8 Å². The summed E-state index contributed by atoms with van der Waals surface area (Å²) in [7, 11) is 0. The van der Waals surface area contributed by atoms with Crippen LogP contribution in [0.2, 0.25) is 5.02 Å². The molecule has 2 saturated heterocycles. The quantitative estimate of drug-likeness (QED) is 0.452. The first-order valence-electron chi connectivity index (χ1n) is 14.6. The van der Waals surface area contributed by atoms with Crippen molar-refractivity contribution in [1.29, 1.82) is 0 Å². The maximum Gasteiger partial charge on any atom is 0.410 e. The molecule has 39 heavy (non-hydrogen) atoms. The molecule has 1 aromatic heterocycles. The Bertz CT molecular complexity index is 1200. The molecule has 3 fully saturated rings. The van der Waals surface area contributed by atoms with Crippen LogP contribution in [0, 0.1) is 0 Å². The van der Waals surface area contributed by atoms with Gasteiger partial charge in [-0.15, -0.1) is 0 Å². The molecule has 2 aliphatic heterocycles. The van der Waals surface area contributed by atoms with Crippen LogP contribution in [0.15, 0.2) is 24.4 Å². The fourth-order valence-corrected chi connectivity index (χ4v) is 5.40. The third-order valence-corrected chi connectivity index (χ3v) is 7.56. The zero-order valence-corrected chi connectivity index (χ0v) is 23.7. The SMILES string of the molecule is [2H]CC(C)(C)OC(=O)N1CCOC(C(=O)N(Cc2ccc3c(Cl)cn(CCOC4CCCCO4)c3c2)C2CC2)C1. The minimum Gasteiger partial charge on any atom is -0.444 e. The lowest BCUT2D eigenvalue weighted by Crippen LogP contribution is -2.53. The molecule has 2 unspecified atom stereocenters. The second-order valence-corrected chi connectivity index (χ2v) is 11.7. The largest absolute Gasteiger partial charge is 0.444 e. The fourth-order valence-electron chi connectivity index (χ4n) is 5.12. The first-order valence-corrected chi connectivity index (χ1v) is 14.3. The van der Waals surface area contributed by atoms with Crippen molar-refractivity contribution in [2.45, 2.75) is 90.0 Å². The summed E-state index contributed by atoms with van der Waals surface area (Å²) in [6.45, 7) is 6.49. The second-order valence-electron chi connectivity index (χ2n) is 11.3. The van der Waals surface area contributed by atoms with Gasteiger partial charge in [0.15, 0.2) is 12.4 Å². The number of hydrogen-bond acceptors (Lipinski definition) is 6. The maximum atomic E-state index is 13.7. The second kappa shape index (κ2) is 12.0. The Morgan fingerprint density at radius 2 is 2.05 bits per heavy atom. The number of benzene rings is 1. The van der Waals surface area contributed by atoms with Gasteiger partial charge in [-0.3, -0.25) is 4.79 Å². The molecule has 2 atom stereocenters. The molecule has 3 aliphatic rings. The highest BCUT2D eigenvalue weighted by Crippen LogP contribution is 2.32. The zero-order valence-electron chi connectivity index (χ0n) is 23.9. The van der Waals surface area contributed by atoms with Crippen LogP contribution in [-0.4, -0.2) is 83.3 Å². The molecule has 0 bridgehead atoms. The number of rotatable bonds is 8. The molecule has 214 valence electrons. The van der Waals surface area contributed by atoms with E-state index in [4.69, 9.17) is 31.9 Å². The number of amides is 2. The van der Waals surface area contributed by atoms with Crippen molar-refractivity contribution in [3.05, 3.63) is 35.0 Å². The highest BCUT2D eigenvalue weighted by atomic mass is 35.5. The van der Waals surface area contributed by atoms with Gasteiger partial charge < -0.3 is 33.3 Å². The van der Waals surface area contributed by atoms with Gasteiger partial charge in [0.2, 0.25) is 0 Å². The Morgan fingerprint density at radius 1 is 1.21 bits per heavy atom. The van der Waals surface area contributed by atoms with Crippen LogP contribution in [0.4, 0.5) is 4.79 Å². The maximum absolute atomic E-state index is 13.7. The minimum absolute atomic E-state index is 0.0399. The summed E-state index contributed by atoms with van der Waals surface area (Å²) in [4.78, 5) is 29.7. The highest BCUT2D eigenvalue weighted by Gasteiger charge is 2.39. The van der Waals surface area contributed by atoms with Crippen LogP contribution in [0.3, 0.4) is 0 Å². The average Bonchev–Trinajstić information content (AvgIpc) is 3.76. The number of hydrogen-bond donors (Lipinski definition) is 0. The Hall–Kier alpha value is -2.33. The van der Waals surface area contributed by atoms with Gasteiger partial charge in [-0.2, -0.15) is 0 Å². The average molecular weight is 563 g/mol. The molecule has 1 saturated carbocycles. The van der Waals surface area contributed by atoms with Crippen LogP contribution in [-0.2, 0) is 36.8 Å². The first-order chi connectivity index (χ1) is 19.2. The van der Waals surface area contributed by atoms with Gasteiger partial charge in [0.25, 0.3) is 5.91 Å². The van der Waals surface area contributed by atoms with Gasteiger partial charge in [-0.25, -0.2) is 4.79 Å². The Kier molecular flexibility index (Phi) is 8.30. The van der Waals surface area contributed by atoms with E-state index in [1.54, 1.807) is 13.8 Å². The molecular formula is C29H40ClN3O6. The number of morpholine rings is 1. The lowest BCUT2D eigenvalue weighted by Gasteiger charge is -2.36. The van der Waals surface area contributed by atoms with Gasteiger partial charge in [0.1, 0.15) is 5.60 Å². The Balaban J connectivity index is 1.24. The van der Waals surface area contributed by atoms with Gasteiger partial charge in [-0.05, 0) is 64.5 Å². The van der Waals surface area contributed by atoms with Crippen molar-refractivity contribution in [2.24, 2.45) is 0 Å². The van der Waals surface area contributed by atoms with Gasteiger partial charge >= 0.3 is 6.09 Å². The van der Waals surface area contributed by atoms with E-state index in [0.29, 0.717) is 31.3 Å². The Morgan fingerprint density at radius 3 is 2.79 bits per heavy atom. The van der Waals surface area contributed by atoms with Crippen molar-refractivity contribution in [3.8, 4) is 0 Å². The van der Waals surface area contributed by atoms with E-state index < -0.39 is 17.8 Å². The minimum atomic E-state index is -0.885. The predicted molar refractivity (Wildman–Crippen MR) is 148 cm³/mol. The standard InChI is InChI=1S/C29H40ClN3O6/c1-29(2,3)39-28(35)32-12-14-36-25(19-32)27(34)33(21-8-9-21)17-20-7-10-22-23(30)18-31(24(22)16-20)11-15-38-26-6-4-5-13-37-26/h7,10,16,18,21,25-26H,4-6,8-9,11-15,17,19H2,1-3H3/i1D. The van der Waals surface area contributed by atoms with E-state index in [1.807, 2.05) is 23.2 Å². The van der Waals surface area contributed by atoms with Crippen LogP contribution < -0.4 is 0 Å². The van der Waals surface area contributed by atoms with E-state index in [2.05, 4.69) is 10.6 Å². The van der Waals surface area contributed by atoms with E-state index in [9.17, 15) is 9.59 Å². The summed E-state index contributed by atoms with van der Waals surface area (Å²) in [5.74, 6) is -0.117. The van der Waals surface area contributed by atoms with Crippen molar-refractivity contribution in [3.63, 3.8) is 0 Å². The molecule has 0 spiro atoms. The normalized spacial score (nSPS) is 22.5. The Labute approximate surface area is 236 Å². The zero-order chi connectivity index (χ0) is 28.3. The molecule has 1 aliphatic carbocycles. The number of carbonyl (C=O) groups is 2. The smallest absolute Gasteiger partial charge is 0.410 e. The summed E-state index contributed by atoms with van der Waals surface area (Å²) >= 11 is 6.54. The van der Waals surface area contributed by atoms with Crippen LogP contribution in [0.5, 0.6) is 0 Å². The number of ether oxygens (including phenoxy) is 4. The molecule has 0 radical (unpaired) electrons. The lowest BCUT2D eigenvalue weighted by atomic mass is 10.1. The number of halogens is 1. The molecule has 5 rings (SSSR count). The summed E-state index contributed by atoms with van der Waals surface area (Å²) in [6.07, 6.45) is 5.57. The third-order valence-electron chi connectivity index (χ3n) is 7.26. The molecular weight excluding hydrogens is 522 g/mol. The van der Waals surface area contributed by atoms with Crippen molar-refractivity contribution < 1.29 is 29.9 Å². The third kappa shape index (κ3) is 7.25. The van der Waals surface area contributed by atoms with Crippen molar-refractivity contribution >= 4 is 34.5 Å². The monoisotopic (exact) mass is 562 g/mol. The lowest BCUT2D eigenvalue weighted by molar-refractivity contribution is -0.163. The molecule has 3 heterocycles. The molecule has 10 heteroatoms. The molecule has 2 aromatic rings. The van der Waals surface area contributed by atoms with E-state index in [1.165, 1.54) is 4.90 Å². The van der Waals surface area contributed by atoms with Crippen LogP contribution in [0.25, 0.3) is 10.9 Å². The topological polar surface area (TPSA) is 82.5 Å². The van der Waals surface area contributed by atoms with Crippen molar-refractivity contribution in [2.75, 3.05) is 32.9 Å². The van der Waals surface area contributed by atoms with E-state index >= 15 is 0 Å². The highest BCUT2D eigenvalue weighted by molar-refractivity contribution is 6.35. The number of aromatic nitrogens is 1. The van der Waals surface area contributed by atoms with Gasteiger partial charge in [0.05, 0.1) is 24.8 Å². The number of nitrogens with zero attached hydrogens (tertiary/aromatic N) is 3. The summed E-state index contributed by atoms with van der Waals surface area (Å²) < 4.78 is 32.6. The van der Waals surface area contributed by atoms with Crippen molar-refractivity contribution in [1.82, 2.24) is 14.4 Å². The van der Waals surface area contributed by atoms with Crippen LogP contribution >= 0.6 is 11.6 Å². The molecule has 9 nitrogen and oxygen atoms in total. The summed E-state index contributed by atoms with van der Waals surface area (Å²) in [5, 5.41) is 1.64. The molecule has 1 aromatic carbocycles. The number of fused-ring (bicyclic) bond motifs is 1.